The normalized spacial score (nSPS) is 16.2. The summed E-state index contributed by atoms with van der Waals surface area (Å²) < 4.78 is 1.69. The van der Waals surface area contributed by atoms with Crippen LogP contribution in [0.5, 0.6) is 0 Å². The van der Waals surface area contributed by atoms with Crippen molar-refractivity contribution in [3.63, 3.8) is 0 Å². The van der Waals surface area contributed by atoms with Crippen molar-refractivity contribution in [3.8, 4) is 0 Å². The van der Waals surface area contributed by atoms with E-state index in [1.807, 2.05) is 25.7 Å². The van der Waals surface area contributed by atoms with Crippen LogP contribution in [0.15, 0.2) is 28.1 Å². The van der Waals surface area contributed by atoms with Gasteiger partial charge in [0.05, 0.1) is 17.5 Å². The quantitative estimate of drug-likeness (QED) is 0.844. The molecule has 7 heteroatoms. The minimum absolute atomic E-state index is 0.000837. The molecule has 1 aliphatic rings. The second kappa shape index (κ2) is 7.07. The maximum atomic E-state index is 12.3. The zero-order valence-electron chi connectivity index (χ0n) is 14.9. The summed E-state index contributed by atoms with van der Waals surface area (Å²) in [5.41, 5.74) is 2.90. The zero-order chi connectivity index (χ0) is 18.0. The molecule has 0 N–H and O–H groups in total. The van der Waals surface area contributed by atoms with Gasteiger partial charge in [0, 0.05) is 36.5 Å². The van der Waals surface area contributed by atoms with E-state index in [0.717, 1.165) is 18.5 Å². The fourth-order valence-corrected chi connectivity index (χ4v) is 3.58. The van der Waals surface area contributed by atoms with Crippen LogP contribution in [0.25, 0.3) is 0 Å². The lowest BCUT2D eigenvalue weighted by Crippen LogP contribution is -2.40. The van der Waals surface area contributed by atoms with Crippen LogP contribution in [0, 0.1) is 5.92 Å². The Bertz CT molecular complexity index is 784. The third-order valence-electron chi connectivity index (χ3n) is 4.66. The van der Waals surface area contributed by atoms with E-state index in [-0.39, 0.29) is 16.9 Å². The Morgan fingerprint density at radius 1 is 1.28 bits per heavy atom. The molecule has 1 amide bonds. The standard InChI is InChI=1S/C18H24N4O2S/c1-18(2,3)15-8-16(23)22(11-19-15)9-13-4-6-21(7-5-13)17(24)14-10-25-12-20-14/h8,10-13H,4-7,9H2,1-3H3. The Kier molecular flexibility index (Phi) is 5.03. The molecule has 0 bridgehead atoms. The molecule has 3 heterocycles. The first kappa shape index (κ1) is 17.8. The predicted octanol–water partition coefficient (Wildman–Crippen LogP) is 2.55. The molecule has 0 unspecified atom stereocenters. The van der Waals surface area contributed by atoms with Gasteiger partial charge in [0.15, 0.2) is 0 Å². The topological polar surface area (TPSA) is 68.1 Å². The van der Waals surface area contributed by atoms with Gasteiger partial charge in [-0.3, -0.25) is 14.2 Å². The monoisotopic (exact) mass is 360 g/mol. The highest BCUT2D eigenvalue weighted by Crippen LogP contribution is 2.21. The number of carbonyl (C=O) groups is 1. The second-order valence-corrected chi connectivity index (χ2v) is 8.34. The molecule has 0 atom stereocenters. The maximum Gasteiger partial charge on any atom is 0.273 e. The Morgan fingerprint density at radius 3 is 2.56 bits per heavy atom. The summed E-state index contributed by atoms with van der Waals surface area (Å²) in [6, 6.07) is 1.64. The summed E-state index contributed by atoms with van der Waals surface area (Å²) in [5.74, 6) is 0.396. The fraction of sp³-hybridized carbons (Fsp3) is 0.556. The first-order valence-corrected chi connectivity index (χ1v) is 9.53. The predicted molar refractivity (Wildman–Crippen MR) is 97.9 cm³/mol. The lowest BCUT2D eigenvalue weighted by molar-refractivity contribution is 0.0677. The minimum atomic E-state index is -0.125. The van der Waals surface area contributed by atoms with Gasteiger partial charge in [0.2, 0.25) is 0 Å². The highest BCUT2D eigenvalue weighted by molar-refractivity contribution is 7.07. The van der Waals surface area contributed by atoms with Crippen molar-refractivity contribution < 1.29 is 4.79 Å². The number of amides is 1. The molecular formula is C18H24N4O2S. The van der Waals surface area contributed by atoms with Gasteiger partial charge < -0.3 is 4.90 Å². The first-order chi connectivity index (χ1) is 11.8. The van der Waals surface area contributed by atoms with Gasteiger partial charge in [-0.05, 0) is 18.8 Å². The average Bonchev–Trinajstić information content (AvgIpc) is 3.10. The fourth-order valence-electron chi connectivity index (χ4n) is 3.05. The number of nitrogens with zero attached hydrogens (tertiary/aromatic N) is 4. The summed E-state index contributed by atoms with van der Waals surface area (Å²) in [6.07, 6.45) is 3.45. The van der Waals surface area contributed by atoms with Gasteiger partial charge in [-0.15, -0.1) is 11.3 Å². The van der Waals surface area contributed by atoms with Crippen molar-refractivity contribution in [1.29, 1.82) is 0 Å². The lowest BCUT2D eigenvalue weighted by atomic mass is 9.92. The molecule has 0 saturated carbocycles. The summed E-state index contributed by atoms with van der Waals surface area (Å²) in [5, 5.41) is 1.79. The van der Waals surface area contributed by atoms with Crippen molar-refractivity contribution in [2.24, 2.45) is 5.92 Å². The number of thiazole rings is 1. The van der Waals surface area contributed by atoms with Gasteiger partial charge in [-0.25, -0.2) is 9.97 Å². The van der Waals surface area contributed by atoms with Crippen LogP contribution in [0.2, 0.25) is 0 Å². The highest BCUT2D eigenvalue weighted by Gasteiger charge is 2.25. The van der Waals surface area contributed by atoms with Crippen molar-refractivity contribution in [2.75, 3.05) is 13.1 Å². The van der Waals surface area contributed by atoms with E-state index in [9.17, 15) is 9.59 Å². The number of hydrogen-bond acceptors (Lipinski definition) is 5. The maximum absolute atomic E-state index is 12.3. The molecule has 0 spiro atoms. The molecule has 2 aromatic rings. The van der Waals surface area contributed by atoms with Gasteiger partial charge in [0.1, 0.15) is 5.69 Å². The van der Waals surface area contributed by atoms with Crippen molar-refractivity contribution >= 4 is 17.2 Å². The van der Waals surface area contributed by atoms with Crippen LogP contribution < -0.4 is 5.56 Å². The molecule has 1 aliphatic heterocycles. The number of hydrogen-bond donors (Lipinski definition) is 0. The summed E-state index contributed by atoms with van der Waals surface area (Å²) in [7, 11) is 0. The number of carbonyl (C=O) groups excluding carboxylic acids is 1. The smallest absolute Gasteiger partial charge is 0.273 e. The van der Waals surface area contributed by atoms with Crippen LogP contribution in [0.3, 0.4) is 0 Å². The minimum Gasteiger partial charge on any atom is -0.337 e. The summed E-state index contributed by atoms with van der Waals surface area (Å²) >= 11 is 1.43. The van der Waals surface area contributed by atoms with Crippen molar-refractivity contribution in [2.45, 2.75) is 45.6 Å². The van der Waals surface area contributed by atoms with E-state index in [1.54, 1.807) is 27.9 Å². The van der Waals surface area contributed by atoms with Crippen LogP contribution >= 0.6 is 11.3 Å². The Hall–Kier alpha value is -2.02. The van der Waals surface area contributed by atoms with Crippen molar-refractivity contribution in [1.82, 2.24) is 19.4 Å². The molecule has 25 heavy (non-hydrogen) atoms. The third kappa shape index (κ3) is 4.15. The average molecular weight is 360 g/mol. The lowest BCUT2D eigenvalue weighted by Gasteiger charge is -2.31. The molecule has 0 radical (unpaired) electrons. The van der Waals surface area contributed by atoms with E-state index in [1.165, 1.54) is 11.3 Å². The zero-order valence-corrected chi connectivity index (χ0v) is 15.8. The van der Waals surface area contributed by atoms with Crippen LogP contribution in [-0.4, -0.2) is 38.4 Å². The number of aromatic nitrogens is 3. The van der Waals surface area contributed by atoms with Crippen LogP contribution in [0.4, 0.5) is 0 Å². The summed E-state index contributed by atoms with van der Waals surface area (Å²) in [6.45, 7) is 8.23. The van der Waals surface area contributed by atoms with Crippen molar-refractivity contribution in [3.05, 3.63) is 45.0 Å². The first-order valence-electron chi connectivity index (χ1n) is 8.59. The van der Waals surface area contributed by atoms with Gasteiger partial charge in [0.25, 0.3) is 11.5 Å². The van der Waals surface area contributed by atoms with Gasteiger partial charge >= 0.3 is 0 Å². The summed E-state index contributed by atoms with van der Waals surface area (Å²) in [4.78, 5) is 35.0. The molecular weight excluding hydrogens is 336 g/mol. The van der Waals surface area contributed by atoms with Crippen LogP contribution in [-0.2, 0) is 12.0 Å². The molecule has 2 aromatic heterocycles. The van der Waals surface area contributed by atoms with E-state index >= 15 is 0 Å². The molecule has 0 aromatic carbocycles. The van der Waals surface area contributed by atoms with Gasteiger partial charge in [-0.2, -0.15) is 0 Å². The SMILES string of the molecule is CC(C)(C)c1cc(=O)n(CC2CCN(C(=O)c3cscn3)CC2)cn1. The van der Waals surface area contributed by atoms with E-state index in [0.29, 0.717) is 31.2 Å². The van der Waals surface area contributed by atoms with Crippen LogP contribution in [0.1, 0.15) is 49.8 Å². The van der Waals surface area contributed by atoms with Gasteiger partial charge in [-0.1, -0.05) is 20.8 Å². The molecule has 1 fully saturated rings. The Morgan fingerprint density at radius 2 is 2.00 bits per heavy atom. The second-order valence-electron chi connectivity index (χ2n) is 7.62. The Balaban J connectivity index is 1.59. The van der Waals surface area contributed by atoms with E-state index in [2.05, 4.69) is 9.97 Å². The highest BCUT2D eigenvalue weighted by atomic mass is 32.1. The molecule has 3 rings (SSSR count). The number of rotatable bonds is 3. The molecule has 1 saturated heterocycles. The molecule has 0 aliphatic carbocycles. The largest absolute Gasteiger partial charge is 0.337 e. The van der Waals surface area contributed by atoms with E-state index < -0.39 is 0 Å². The third-order valence-corrected chi connectivity index (χ3v) is 5.24. The Labute approximate surface area is 151 Å². The number of likely N-dealkylation sites (tertiary alicyclic amines) is 1. The molecule has 6 nitrogen and oxygen atoms in total. The van der Waals surface area contributed by atoms with E-state index in [4.69, 9.17) is 0 Å². The molecule has 134 valence electrons. The number of piperidine rings is 1.